The molecule has 2 fully saturated rings. The number of methoxy groups -OCH3 is 2. The van der Waals surface area contributed by atoms with E-state index in [-0.39, 0.29) is 16.9 Å². The normalized spacial score (nSPS) is 31.3. The number of rotatable bonds is 6. The number of ether oxygens (including phenoxy) is 2. The van der Waals surface area contributed by atoms with Gasteiger partial charge in [0.15, 0.2) is 11.5 Å². The van der Waals surface area contributed by atoms with E-state index in [0.717, 1.165) is 55.0 Å². The Morgan fingerprint density at radius 3 is 2.09 bits per heavy atom. The average Bonchev–Trinajstić information content (AvgIpc) is 3.06. The Bertz CT molecular complexity index is 1050. The van der Waals surface area contributed by atoms with Gasteiger partial charge < -0.3 is 19.9 Å². The van der Waals surface area contributed by atoms with Gasteiger partial charge in [-0.1, -0.05) is 38.5 Å². The molecule has 4 rings (SSSR count). The minimum atomic E-state index is -1.88. The molecule has 186 valence electrons. The number of phenols is 1. The molecule has 6 nitrogen and oxygen atoms in total. The molecule has 0 amide bonds. The predicted octanol–water partition coefficient (Wildman–Crippen LogP) is 5.83. The number of phenolic OH excluding ortho intramolecular Hbond substituents is 1. The van der Waals surface area contributed by atoms with Crippen LogP contribution in [0.1, 0.15) is 56.5 Å². The molecule has 8 heteroatoms. The van der Waals surface area contributed by atoms with Crippen LogP contribution in [0.5, 0.6) is 17.2 Å². The Kier molecular flexibility index (Phi) is 7.17. The molecule has 2 aromatic rings. The summed E-state index contributed by atoms with van der Waals surface area (Å²) in [6.45, 7) is 8.71. The van der Waals surface area contributed by atoms with Crippen molar-refractivity contribution in [3.8, 4) is 17.2 Å². The second kappa shape index (κ2) is 9.66. The zero-order valence-corrected chi connectivity index (χ0v) is 22.9. The Morgan fingerprint density at radius 1 is 1.00 bits per heavy atom. The van der Waals surface area contributed by atoms with Crippen LogP contribution < -0.4 is 14.8 Å². The largest absolute Gasteiger partial charge is 0.502 e. The van der Waals surface area contributed by atoms with Crippen molar-refractivity contribution < 1.29 is 14.6 Å². The quantitative estimate of drug-likeness (QED) is 0.480. The number of benzene rings is 1. The van der Waals surface area contributed by atoms with Crippen LogP contribution >= 0.6 is 6.04 Å². The smallest absolute Gasteiger partial charge is 0.223 e. The summed E-state index contributed by atoms with van der Waals surface area (Å²) >= 11 is 6.76. The summed E-state index contributed by atoms with van der Waals surface area (Å²) in [6, 6.07) is 4.22. The fourth-order valence-corrected chi connectivity index (χ4v) is 13.9. The number of aromatic hydroxyl groups is 1. The third-order valence-electron chi connectivity index (χ3n) is 8.01. The molecule has 1 saturated heterocycles. The highest BCUT2D eigenvalue weighted by atomic mass is 32.4. The highest BCUT2D eigenvalue weighted by molar-refractivity contribution is 8.15. The SMILES string of the molecule is COc1cc(C2(P3(=S)CC(C)C(C)C3)CCCCC2Nc2nc(C)cc(C)n2)cc(OC)c1O. The monoisotopic (exact) mass is 503 g/mol. The first-order chi connectivity index (χ1) is 16.1. The summed E-state index contributed by atoms with van der Waals surface area (Å²) < 4.78 is 11.2. The van der Waals surface area contributed by atoms with Crippen molar-refractivity contribution in [1.82, 2.24) is 9.97 Å². The van der Waals surface area contributed by atoms with E-state index >= 15 is 0 Å². The molecule has 2 N–H and O–H groups in total. The van der Waals surface area contributed by atoms with Crippen LogP contribution in [0.3, 0.4) is 0 Å². The van der Waals surface area contributed by atoms with Gasteiger partial charge in [0.05, 0.1) is 14.2 Å². The highest BCUT2D eigenvalue weighted by Crippen LogP contribution is 2.74. The number of hydrogen-bond acceptors (Lipinski definition) is 7. The maximum atomic E-state index is 10.7. The Hall–Kier alpha value is -1.85. The van der Waals surface area contributed by atoms with Crippen LogP contribution in [0.4, 0.5) is 5.95 Å². The van der Waals surface area contributed by atoms with Crippen LogP contribution in [0.15, 0.2) is 18.2 Å². The Balaban J connectivity index is 1.92. The molecule has 0 bridgehead atoms. The zero-order valence-electron chi connectivity index (χ0n) is 21.2. The molecular weight excluding hydrogens is 465 g/mol. The molecule has 1 saturated carbocycles. The molecule has 1 aliphatic heterocycles. The lowest BCUT2D eigenvalue weighted by molar-refractivity contribution is 0.330. The number of anilines is 1. The van der Waals surface area contributed by atoms with Crippen LogP contribution in [-0.4, -0.2) is 47.7 Å². The van der Waals surface area contributed by atoms with Gasteiger partial charge in [0.25, 0.3) is 0 Å². The van der Waals surface area contributed by atoms with Crippen molar-refractivity contribution in [3.63, 3.8) is 0 Å². The van der Waals surface area contributed by atoms with Gasteiger partial charge in [0.2, 0.25) is 11.7 Å². The minimum Gasteiger partial charge on any atom is -0.502 e. The first-order valence-corrected chi connectivity index (χ1v) is 15.4. The fraction of sp³-hybridized carbons (Fsp3) is 0.615. The molecule has 34 heavy (non-hydrogen) atoms. The topological polar surface area (TPSA) is 76.5 Å². The maximum Gasteiger partial charge on any atom is 0.223 e. The van der Waals surface area contributed by atoms with Gasteiger partial charge >= 0.3 is 0 Å². The molecule has 1 aliphatic carbocycles. The summed E-state index contributed by atoms with van der Waals surface area (Å²) in [4.78, 5) is 9.43. The van der Waals surface area contributed by atoms with Gasteiger partial charge in [-0.25, -0.2) is 9.97 Å². The lowest BCUT2D eigenvalue weighted by Crippen LogP contribution is -2.47. The Labute approximate surface area is 208 Å². The van der Waals surface area contributed by atoms with E-state index in [1.807, 2.05) is 32.0 Å². The van der Waals surface area contributed by atoms with Gasteiger partial charge in [-0.15, -0.1) is 0 Å². The zero-order chi connectivity index (χ0) is 24.7. The number of nitrogens with zero attached hydrogens (tertiary/aromatic N) is 2. The molecular formula is C26H38N3O3PS. The van der Waals surface area contributed by atoms with Gasteiger partial charge in [-0.05, 0) is 80.6 Å². The summed E-state index contributed by atoms with van der Waals surface area (Å²) in [5, 5.41) is 14.2. The van der Waals surface area contributed by atoms with E-state index in [0.29, 0.717) is 29.3 Å². The number of aromatic nitrogens is 2. The fourth-order valence-electron chi connectivity index (χ4n) is 6.20. The van der Waals surface area contributed by atoms with Crippen LogP contribution in [-0.2, 0) is 17.0 Å². The van der Waals surface area contributed by atoms with Crippen molar-refractivity contribution in [1.29, 1.82) is 0 Å². The first-order valence-electron chi connectivity index (χ1n) is 12.3. The average molecular weight is 504 g/mol. The molecule has 2 aliphatic rings. The third-order valence-corrected chi connectivity index (χ3v) is 14.5. The standard InChI is InChI=1S/C26H38N3O3PS/c1-16-14-33(34,15-17(16)2)26(20-12-21(31-5)24(30)22(13-20)32-6)10-8-7-9-23(26)29-25-27-18(3)11-19(4)28-25/h11-13,16-17,23,30H,7-10,14-15H2,1-6H3,(H,27,28,29). The Morgan fingerprint density at radius 2 is 1.56 bits per heavy atom. The first kappa shape index (κ1) is 25.2. The van der Waals surface area contributed by atoms with Crippen LogP contribution in [0.25, 0.3) is 0 Å². The maximum absolute atomic E-state index is 10.7. The second-order valence-corrected chi connectivity index (χ2v) is 15.7. The third kappa shape index (κ3) is 4.30. The van der Waals surface area contributed by atoms with Crippen molar-refractivity contribution >= 4 is 23.8 Å². The molecule has 2 heterocycles. The molecule has 0 spiro atoms. The van der Waals surface area contributed by atoms with Gasteiger partial charge in [0, 0.05) is 22.6 Å². The van der Waals surface area contributed by atoms with E-state index in [1.54, 1.807) is 14.2 Å². The molecule has 0 radical (unpaired) electrons. The van der Waals surface area contributed by atoms with Gasteiger partial charge in [-0.2, -0.15) is 0 Å². The summed E-state index contributed by atoms with van der Waals surface area (Å²) in [5.74, 6) is 2.78. The summed E-state index contributed by atoms with van der Waals surface area (Å²) in [5.41, 5.74) is 3.02. The van der Waals surface area contributed by atoms with Crippen molar-refractivity contribution in [2.75, 3.05) is 31.9 Å². The molecule has 4 unspecified atom stereocenters. The van der Waals surface area contributed by atoms with E-state index < -0.39 is 6.04 Å². The van der Waals surface area contributed by atoms with Crippen molar-refractivity contribution in [2.24, 2.45) is 11.8 Å². The van der Waals surface area contributed by atoms with Crippen LogP contribution in [0.2, 0.25) is 0 Å². The van der Waals surface area contributed by atoms with E-state index in [2.05, 4.69) is 19.2 Å². The summed E-state index contributed by atoms with van der Waals surface area (Å²) in [6.07, 6.45) is 6.43. The molecule has 1 aromatic carbocycles. The second-order valence-electron chi connectivity index (χ2n) is 10.3. The number of aryl methyl sites for hydroxylation is 2. The number of hydrogen-bond donors (Lipinski definition) is 2. The van der Waals surface area contributed by atoms with E-state index in [9.17, 15) is 5.11 Å². The molecule has 4 atom stereocenters. The summed E-state index contributed by atoms with van der Waals surface area (Å²) in [7, 11) is 3.17. The van der Waals surface area contributed by atoms with E-state index in [4.69, 9.17) is 31.2 Å². The lowest BCUT2D eigenvalue weighted by atomic mass is 9.78. The van der Waals surface area contributed by atoms with Crippen LogP contribution in [0, 0.1) is 25.7 Å². The van der Waals surface area contributed by atoms with Gasteiger partial charge in [-0.3, -0.25) is 0 Å². The lowest BCUT2D eigenvalue weighted by Gasteiger charge is -2.51. The van der Waals surface area contributed by atoms with Crippen molar-refractivity contribution in [2.45, 2.75) is 64.6 Å². The van der Waals surface area contributed by atoms with Crippen molar-refractivity contribution in [3.05, 3.63) is 35.2 Å². The predicted molar refractivity (Wildman–Crippen MR) is 143 cm³/mol. The number of nitrogens with one attached hydrogen (secondary N) is 1. The van der Waals surface area contributed by atoms with E-state index in [1.165, 1.54) is 0 Å². The van der Waals surface area contributed by atoms with Gasteiger partial charge in [0.1, 0.15) is 0 Å². The minimum absolute atomic E-state index is 0.0340. The highest BCUT2D eigenvalue weighted by Gasteiger charge is 2.55. The molecule has 1 aromatic heterocycles.